The van der Waals surface area contributed by atoms with Crippen molar-refractivity contribution in [2.24, 2.45) is 5.92 Å². The standard InChI is InChI=1S/C15H22N2O/c1-15(18,12-6-4-8-16-10-12)14-13-7-3-2-5-11(13)9-17-14/h2-3,5,7,12,14,16-18H,4,6,8-10H2,1H3. The number of nitrogens with one attached hydrogen (secondary N) is 2. The molecule has 3 nitrogen and oxygen atoms in total. The Morgan fingerprint density at radius 1 is 1.33 bits per heavy atom. The summed E-state index contributed by atoms with van der Waals surface area (Å²) >= 11 is 0. The van der Waals surface area contributed by atoms with Gasteiger partial charge in [0.25, 0.3) is 0 Å². The predicted molar refractivity (Wildman–Crippen MR) is 72.2 cm³/mol. The van der Waals surface area contributed by atoms with E-state index in [1.54, 1.807) is 0 Å². The smallest absolute Gasteiger partial charge is 0.0853 e. The van der Waals surface area contributed by atoms with E-state index in [-0.39, 0.29) is 6.04 Å². The van der Waals surface area contributed by atoms with Crippen molar-refractivity contribution in [1.29, 1.82) is 0 Å². The van der Waals surface area contributed by atoms with Crippen LogP contribution in [0.5, 0.6) is 0 Å². The van der Waals surface area contributed by atoms with Crippen LogP contribution >= 0.6 is 0 Å². The largest absolute Gasteiger partial charge is 0.388 e. The molecule has 1 saturated heterocycles. The minimum absolute atomic E-state index is 0.0681. The molecule has 3 heteroatoms. The SMILES string of the molecule is CC(O)(C1CCCNC1)C1NCc2ccccc21. The van der Waals surface area contributed by atoms with Gasteiger partial charge in [-0.25, -0.2) is 0 Å². The monoisotopic (exact) mass is 246 g/mol. The summed E-state index contributed by atoms with van der Waals surface area (Å²) in [6.45, 7) is 4.87. The molecule has 2 heterocycles. The van der Waals surface area contributed by atoms with E-state index in [4.69, 9.17) is 0 Å². The highest BCUT2D eigenvalue weighted by Gasteiger charge is 2.43. The number of hydrogen-bond acceptors (Lipinski definition) is 3. The molecular formula is C15H22N2O. The van der Waals surface area contributed by atoms with E-state index in [2.05, 4.69) is 34.9 Å². The molecule has 3 rings (SSSR count). The topological polar surface area (TPSA) is 44.3 Å². The lowest BCUT2D eigenvalue weighted by Crippen LogP contribution is -2.50. The van der Waals surface area contributed by atoms with Crippen molar-refractivity contribution in [1.82, 2.24) is 10.6 Å². The molecule has 0 saturated carbocycles. The van der Waals surface area contributed by atoms with Crippen LogP contribution in [0.3, 0.4) is 0 Å². The summed E-state index contributed by atoms with van der Waals surface area (Å²) < 4.78 is 0. The normalized spacial score (nSPS) is 30.8. The van der Waals surface area contributed by atoms with Gasteiger partial charge in [0, 0.05) is 19.0 Å². The highest BCUT2D eigenvalue weighted by Crippen LogP contribution is 2.39. The van der Waals surface area contributed by atoms with Gasteiger partial charge in [0.1, 0.15) is 0 Å². The molecule has 0 amide bonds. The zero-order chi connectivity index (χ0) is 12.6. The molecule has 3 unspecified atom stereocenters. The average Bonchev–Trinajstić information content (AvgIpc) is 2.84. The summed E-state index contributed by atoms with van der Waals surface area (Å²) in [5.41, 5.74) is 1.92. The van der Waals surface area contributed by atoms with Gasteiger partial charge in [-0.15, -0.1) is 0 Å². The molecule has 3 atom stereocenters. The first-order valence-corrected chi connectivity index (χ1v) is 6.94. The van der Waals surface area contributed by atoms with Gasteiger partial charge in [0.15, 0.2) is 0 Å². The maximum Gasteiger partial charge on any atom is 0.0853 e. The van der Waals surface area contributed by atoms with Crippen molar-refractivity contribution in [3.63, 3.8) is 0 Å². The average molecular weight is 246 g/mol. The third-order valence-electron chi connectivity index (χ3n) is 4.57. The van der Waals surface area contributed by atoms with Crippen LogP contribution in [-0.4, -0.2) is 23.8 Å². The number of aliphatic hydroxyl groups is 1. The second kappa shape index (κ2) is 4.65. The molecule has 0 aliphatic carbocycles. The molecule has 0 radical (unpaired) electrons. The van der Waals surface area contributed by atoms with Gasteiger partial charge in [0.2, 0.25) is 0 Å². The molecule has 2 aliphatic rings. The lowest BCUT2D eigenvalue weighted by Gasteiger charge is -2.40. The van der Waals surface area contributed by atoms with Crippen molar-refractivity contribution < 1.29 is 5.11 Å². The van der Waals surface area contributed by atoms with Crippen molar-refractivity contribution in [2.45, 2.75) is 38.0 Å². The Hall–Kier alpha value is -0.900. The van der Waals surface area contributed by atoms with Crippen LogP contribution in [-0.2, 0) is 6.54 Å². The lowest BCUT2D eigenvalue weighted by molar-refractivity contribution is -0.0414. The summed E-state index contributed by atoms with van der Waals surface area (Å²) in [4.78, 5) is 0. The summed E-state index contributed by atoms with van der Waals surface area (Å²) in [6, 6.07) is 8.49. The Morgan fingerprint density at radius 3 is 2.94 bits per heavy atom. The van der Waals surface area contributed by atoms with Crippen LogP contribution in [0.4, 0.5) is 0 Å². The third kappa shape index (κ3) is 1.96. The van der Waals surface area contributed by atoms with E-state index in [0.717, 1.165) is 32.5 Å². The maximum atomic E-state index is 11.0. The number of piperidine rings is 1. The zero-order valence-electron chi connectivity index (χ0n) is 10.9. The molecule has 0 spiro atoms. The Morgan fingerprint density at radius 2 is 2.17 bits per heavy atom. The molecule has 2 aliphatic heterocycles. The van der Waals surface area contributed by atoms with Crippen molar-refractivity contribution >= 4 is 0 Å². The van der Waals surface area contributed by atoms with Crippen molar-refractivity contribution in [2.75, 3.05) is 13.1 Å². The van der Waals surface area contributed by atoms with Crippen molar-refractivity contribution in [3.8, 4) is 0 Å². The fraction of sp³-hybridized carbons (Fsp3) is 0.600. The highest BCUT2D eigenvalue weighted by molar-refractivity contribution is 5.36. The van der Waals surface area contributed by atoms with Crippen LogP contribution in [0.25, 0.3) is 0 Å². The Kier molecular flexibility index (Phi) is 3.14. The van der Waals surface area contributed by atoms with Crippen molar-refractivity contribution in [3.05, 3.63) is 35.4 Å². The fourth-order valence-electron chi connectivity index (χ4n) is 3.41. The number of rotatable bonds is 2. The van der Waals surface area contributed by atoms with Crippen LogP contribution < -0.4 is 10.6 Å². The second-order valence-electron chi connectivity index (χ2n) is 5.78. The molecule has 0 aromatic heterocycles. The molecule has 1 aromatic carbocycles. The number of hydrogen-bond donors (Lipinski definition) is 3. The molecule has 1 aromatic rings. The van der Waals surface area contributed by atoms with Crippen LogP contribution in [0, 0.1) is 5.92 Å². The maximum absolute atomic E-state index is 11.0. The summed E-state index contributed by atoms with van der Waals surface area (Å²) in [5, 5.41) is 17.9. The lowest BCUT2D eigenvalue weighted by atomic mass is 9.76. The first kappa shape index (κ1) is 12.2. The van der Waals surface area contributed by atoms with E-state index in [1.807, 2.05) is 6.92 Å². The van der Waals surface area contributed by atoms with Gasteiger partial charge in [-0.05, 0) is 37.4 Å². The van der Waals surface area contributed by atoms with Gasteiger partial charge in [-0.2, -0.15) is 0 Å². The molecular weight excluding hydrogens is 224 g/mol. The van der Waals surface area contributed by atoms with Crippen LogP contribution in [0.1, 0.15) is 36.9 Å². The Labute approximate surface area is 109 Å². The Bertz CT molecular complexity index is 424. The number of fused-ring (bicyclic) bond motifs is 1. The molecule has 18 heavy (non-hydrogen) atoms. The minimum atomic E-state index is -0.681. The van der Waals surface area contributed by atoms with Gasteiger partial charge < -0.3 is 15.7 Å². The fourth-order valence-corrected chi connectivity index (χ4v) is 3.41. The van der Waals surface area contributed by atoms with Crippen LogP contribution in [0.2, 0.25) is 0 Å². The second-order valence-corrected chi connectivity index (χ2v) is 5.78. The molecule has 0 bridgehead atoms. The minimum Gasteiger partial charge on any atom is -0.388 e. The first-order chi connectivity index (χ1) is 8.69. The van der Waals surface area contributed by atoms with Crippen LogP contribution in [0.15, 0.2) is 24.3 Å². The highest BCUT2D eigenvalue weighted by atomic mass is 16.3. The van der Waals surface area contributed by atoms with E-state index in [0.29, 0.717) is 5.92 Å². The Balaban J connectivity index is 1.86. The molecule has 98 valence electrons. The summed E-state index contributed by atoms with van der Waals surface area (Å²) in [5.74, 6) is 0.329. The van der Waals surface area contributed by atoms with E-state index < -0.39 is 5.60 Å². The van der Waals surface area contributed by atoms with Gasteiger partial charge in [0.05, 0.1) is 11.6 Å². The quantitative estimate of drug-likeness (QED) is 0.742. The molecule has 1 fully saturated rings. The predicted octanol–water partition coefficient (Wildman–Crippen LogP) is 1.58. The van der Waals surface area contributed by atoms with Gasteiger partial charge >= 0.3 is 0 Å². The third-order valence-corrected chi connectivity index (χ3v) is 4.57. The van der Waals surface area contributed by atoms with E-state index in [9.17, 15) is 5.11 Å². The van der Waals surface area contributed by atoms with E-state index >= 15 is 0 Å². The zero-order valence-corrected chi connectivity index (χ0v) is 10.9. The van der Waals surface area contributed by atoms with Gasteiger partial charge in [-0.1, -0.05) is 24.3 Å². The van der Waals surface area contributed by atoms with E-state index in [1.165, 1.54) is 11.1 Å². The first-order valence-electron chi connectivity index (χ1n) is 6.94. The van der Waals surface area contributed by atoms with Gasteiger partial charge in [-0.3, -0.25) is 0 Å². The number of benzene rings is 1. The summed E-state index contributed by atoms with van der Waals surface area (Å²) in [7, 11) is 0. The molecule has 3 N–H and O–H groups in total. The summed E-state index contributed by atoms with van der Waals surface area (Å²) in [6.07, 6.45) is 2.27.